The lowest BCUT2D eigenvalue weighted by atomic mass is 10.0. The van der Waals surface area contributed by atoms with E-state index in [4.69, 9.17) is 0 Å². The third kappa shape index (κ3) is 7.65. The number of rotatable bonds is 13. The van der Waals surface area contributed by atoms with Crippen LogP contribution in [-0.4, -0.2) is 73.2 Å². The first kappa shape index (κ1) is 27.8. The summed E-state index contributed by atoms with van der Waals surface area (Å²) < 4.78 is 0. The maximum atomic E-state index is 12.7. The highest BCUT2D eigenvalue weighted by Gasteiger charge is 2.18. The Labute approximate surface area is 228 Å². The number of hydrogen-bond acceptors (Lipinski definition) is 5. The minimum atomic E-state index is 0.0809. The molecule has 2 aromatic carbocycles. The molecule has 1 fully saturated rings. The Bertz CT molecular complexity index is 1100. The second-order valence-corrected chi connectivity index (χ2v) is 10.5. The first-order valence-corrected chi connectivity index (χ1v) is 13.9. The normalized spacial score (nSPS) is 15.7. The van der Waals surface area contributed by atoms with Crippen molar-refractivity contribution in [1.82, 2.24) is 14.7 Å². The number of piperidine rings is 1. The number of anilines is 1. The second kappa shape index (κ2) is 14.1. The van der Waals surface area contributed by atoms with Crippen molar-refractivity contribution in [3.05, 3.63) is 89.5 Å². The SMILES string of the molecule is C=CCCN(CC=O)Cc1ccc(CN2CCCCC2)cc1N(C)Cc1ccc(C(=O)N2CC=CC2)cc1. The third-order valence-electron chi connectivity index (χ3n) is 7.52. The topological polar surface area (TPSA) is 47.1 Å². The van der Waals surface area contributed by atoms with Crippen molar-refractivity contribution >= 4 is 17.9 Å². The van der Waals surface area contributed by atoms with E-state index >= 15 is 0 Å². The van der Waals surface area contributed by atoms with E-state index < -0.39 is 0 Å². The van der Waals surface area contributed by atoms with Gasteiger partial charge in [0.25, 0.3) is 5.91 Å². The van der Waals surface area contributed by atoms with Crippen LogP contribution in [0.4, 0.5) is 5.69 Å². The first-order chi connectivity index (χ1) is 18.6. The molecule has 0 bridgehead atoms. The monoisotopic (exact) mass is 514 g/mol. The van der Waals surface area contributed by atoms with Crippen molar-refractivity contribution in [3.8, 4) is 0 Å². The molecule has 1 amide bonds. The summed E-state index contributed by atoms with van der Waals surface area (Å²) in [5.74, 6) is 0.0809. The molecule has 2 heterocycles. The predicted octanol–water partition coefficient (Wildman–Crippen LogP) is 4.90. The number of carbonyl (C=O) groups excluding carboxylic acids is 2. The lowest BCUT2D eigenvalue weighted by Gasteiger charge is -2.29. The van der Waals surface area contributed by atoms with Crippen LogP contribution in [-0.2, 0) is 24.4 Å². The van der Waals surface area contributed by atoms with E-state index in [-0.39, 0.29) is 5.91 Å². The van der Waals surface area contributed by atoms with Gasteiger partial charge in [0.15, 0.2) is 0 Å². The molecule has 202 valence electrons. The van der Waals surface area contributed by atoms with Crippen molar-refractivity contribution in [3.63, 3.8) is 0 Å². The maximum Gasteiger partial charge on any atom is 0.254 e. The minimum absolute atomic E-state index is 0.0809. The highest BCUT2D eigenvalue weighted by atomic mass is 16.2. The number of amides is 1. The molecule has 2 aliphatic heterocycles. The van der Waals surface area contributed by atoms with Crippen LogP contribution in [0, 0.1) is 0 Å². The first-order valence-electron chi connectivity index (χ1n) is 13.9. The number of likely N-dealkylation sites (tertiary alicyclic amines) is 1. The summed E-state index contributed by atoms with van der Waals surface area (Å²) in [6.45, 7) is 11.2. The quantitative estimate of drug-likeness (QED) is 0.281. The van der Waals surface area contributed by atoms with E-state index in [0.717, 1.165) is 43.5 Å². The Morgan fingerprint density at radius 1 is 0.974 bits per heavy atom. The van der Waals surface area contributed by atoms with Crippen LogP contribution < -0.4 is 4.90 Å². The van der Waals surface area contributed by atoms with Crippen LogP contribution in [0.5, 0.6) is 0 Å². The fourth-order valence-corrected chi connectivity index (χ4v) is 5.37. The minimum Gasteiger partial charge on any atom is -0.370 e. The van der Waals surface area contributed by atoms with Gasteiger partial charge in [-0.05, 0) is 67.2 Å². The highest BCUT2D eigenvalue weighted by Crippen LogP contribution is 2.26. The molecule has 6 nitrogen and oxygen atoms in total. The Balaban J connectivity index is 1.51. The summed E-state index contributed by atoms with van der Waals surface area (Å²) in [7, 11) is 2.13. The molecule has 0 spiro atoms. The highest BCUT2D eigenvalue weighted by molar-refractivity contribution is 5.94. The average molecular weight is 515 g/mol. The van der Waals surface area contributed by atoms with Gasteiger partial charge in [-0.3, -0.25) is 14.6 Å². The van der Waals surface area contributed by atoms with Crippen LogP contribution in [0.3, 0.4) is 0 Å². The maximum absolute atomic E-state index is 12.7. The summed E-state index contributed by atoms with van der Waals surface area (Å²) in [5.41, 5.74) is 5.63. The van der Waals surface area contributed by atoms with Crippen molar-refractivity contribution in [2.75, 3.05) is 51.2 Å². The molecule has 0 radical (unpaired) electrons. The van der Waals surface area contributed by atoms with Crippen LogP contribution in [0.2, 0.25) is 0 Å². The summed E-state index contributed by atoms with van der Waals surface area (Å²) >= 11 is 0. The second-order valence-electron chi connectivity index (χ2n) is 10.5. The summed E-state index contributed by atoms with van der Waals surface area (Å²) in [6, 6.07) is 14.8. The smallest absolute Gasteiger partial charge is 0.254 e. The van der Waals surface area contributed by atoms with Crippen LogP contribution in [0.1, 0.15) is 52.7 Å². The lowest BCUT2D eigenvalue weighted by molar-refractivity contribution is -0.109. The van der Waals surface area contributed by atoms with Crippen molar-refractivity contribution in [2.24, 2.45) is 0 Å². The van der Waals surface area contributed by atoms with Gasteiger partial charge in [0.1, 0.15) is 6.29 Å². The van der Waals surface area contributed by atoms with Crippen molar-refractivity contribution < 1.29 is 9.59 Å². The molecule has 0 aromatic heterocycles. The van der Waals surface area contributed by atoms with E-state index in [1.54, 1.807) is 0 Å². The van der Waals surface area contributed by atoms with Crippen molar-refractivity contribution in [2.45, 2.75) is 45.3 Å². The van der Waals surface area contributed by atoms with Gasteiger partial charge < -0.3 is 14.6 Å². The molecule has 1 saturated heterocycles. The van der Waals surface area contributed by atoms with Gasteiger partial charge in [-0.1, -0.05) is 48.9 Å². The molecular formula is C32H42N4O2. The molecule has 0 N–H and O–H groups in total. The summed E-state index contributed by atoms with van der Waals surface area (Å²) in [6.07, 6.45) is 11.7. The molecule has 38 heavy (non-hydrogen) atoms. The van der Waals surface area contributed by atoms with Crippen LogP contribution in [0.25, 0.3) is 0 Å². The molecule has 0 aliphatic carbocycles. The van der Waals surface area contributed by atoms with Crippen LogP contribution >= 0.6 is 0 Å². The van der Waals surface area contributed by atoms with Gasteiger partial charge in [-0.15, -0.1) is 6.58 Å². The van der Waals surface area contributed by atoms with E-state index in [0.29, 0.717) is 26.2 Å². The fraction of sp³-hybridized carbons (Fsp3) is 0.438. The summed E-state index contributed by atoms with van der Waals surface area (Å²) in [5, 5.41) is 0. The lowest BCUT2D eigenvalue weighted by Crippen LogP contribution is -2.30. The zero-order valence-electron chi connectivity index (χ0n) is 22.9. The Morgan fingerprint density at radius 2 is 1.68 bits per heavy atom. The Hall–Kier alpha value is -3.22. The molecule has 2 aromatic rings. The Kier molecular flexibility index (Phi) is 10.3. The Morgan fingerprint density at radius 3 is 2.37 bits per heavy atom. The van der Waals surface area contributed by atoms with E-state index in [2.05, 4.69) is 58.7 Å². The van der Waals surface area contributed by atoms with E-state index in [9.17, 15) is 9.59 Å². The third-order valence-corrected chi connectivity index (χ3v) is 7.52. The zero-order chi connectivity index (χ0) is 26.7. The van der Waals surface area contributed by atoms with Crippen molar-refractivity contribution in [1.29, 1.82) is 0 Å². The number of carbonyl (C=O) groups is 2. The number of nitrogens with zero attached hydrogens (tertiary/aromatic N) is 4. The average Bonchev–Trinajstić information content (AvgIpc) is 3.48. The largest absolute Gasteiger partial charge is 0.370 e. The molecule has 0 saturated carbocycles. The predicted molar refractivity (Wildman–Crippen MR) is 155 cm³/mol. The fourth-order valence-electron chi connectivity index (χ4n) is 5.37. The molecule has 0 atom stereocenters. The number of benzene rings is 2. The summed E-state index contributed by atoms with van der Waals surface area (Å²) in [4.78, 5) is 32.9. The number of hydrogen-bond donors (Lipinski definition) is 0. The molecule has 4 rings (SSSR count). The van der Waals surface area contributed by atoms with Gasteiger partial charge >= 0.3 is 0 Å². The molecule has 2 aliphatic rings. The van der Waals surface area contributed by atoms with E-state index in [1.165, 1.54) is 49.2 Å². The zero-order valence-corrected chi connectivity index (χ0v) is 22.9. The van der Waals surface area contributed by atoms with Gasteiger partial charge in [0.2, 0.25) is 0 Å². The molecule has 0 unspecified atom stereocenters. The molecule has 6 heteroatoms. The van der Waals surface area contributed by atoms with Crippen LogP contribution in [0.15, 0.2) is 67.3 Å². The van der Waals surface area contributed by atoms with Gasteiger partial charge in [-0.2, -0.15) is 0 Å². The number of aldehydes is 1. The standard InChI is InChI=1S/C32H42N4O2/c1-3-4-16-35(21-22-37)26-30-15-12-28(25-34-17-6-5-7-18-34)23-31(30)33(2)24-27-10-13-29(14-11-27)32(38)36-19-8-9-20-36/h3,8-15,22-23H,1,4-7,16-21,24-26H2,2H3. The molecular weight excluding hydrogens is 472 g/mol. The van der Waals surface area contributed by atoms with Gasteiger partial charge in [-0.25, -0.2) is 0 Å². The van der Waals surface area contributed by atoms with Gasteiger partial charge in [0.05, 0.1) is 6.54 Å². The van der Waals surface area contributed by atoms with Gasteiger partial charge in [0, 0.05) is 57.6 Å². The van der Waals surface area contributed by atoms with E-state index in [1.807, 2.05) is 35.3 Å².